The highest BCUT2D eigenvalue weighted by atomic mass is 32.2. The third kappa shape index (κ3) is 4.58. The van der Waals surface area contributed by atoms with Crippen molar-refractivity contribution in [1.29, 1.82) is 0 Å². The largest absolute Gasteiger partial charge is 0.493 e. The van der Waals surface area contributed by atoms with Gasteiger partial charge in [0, 0.05) is 16.6 Å². The molecule has 0 fully saturated rings. The summed E-state index contributed by atoms with van der Waals surface area (Å²) in [6.07, 6.45) is 0. The molecule has 5 rings (SSSR count). The Kier molecular flexibility index (Phi) is 6.15. The topological polar surface area (TPSA) is 109 Å². The molecule has 2 aromatic heterocycles. The number of hydrogen-bond acceptors (Lipinski definition) is 6. The molecule has 0 atom stereocenters. The number of aryl methyl sites for hydroxylation is 2. The lowest BCUT2D eigenvalue weighted by Gasteiger charge is -2.09. The van der Waals surface area contributed by atoms with Crippen LogP contribution in [-0.4, -0.2) is 36.5 Å². The minimum Gasteiger partial charge on any atom is -0.493 e. The Morgan fingerprint density at radius 1 is 1.03 bits per heavy atom. The van der Waals surface area contributed by atoms with Gasteiger partial charge in [-0.2, -0.15) is 0 Å². The smallest absolute Gasteiger partial charge is 0.275 e. The lowest BCUT2D eigenvalue weighted by Crippen LogP contribution is -2.02. The van der Waals surface area contributed by atoms with Crippen molar-refractivity contribution in [2.24, 2.45) is 10.2 Å². The molecule has 5 aromatic rings. The zero-order valence-corrected chi connectivity index (χ0v) is 20.0. The summed E-state index contributed by atoms with van der Waals surface area (Å²) in [7, 11) is 0. The minimum absolute atomic E-state index is 0.0183. The van der Waals surface area contributed by atoms with Gasteiger partial charge in [0.2, 0.25) is 5.88 Å². The Morgan fingerprint density at radius 3 is 2.49 bits per heavy atom. The molecule has 0 aliphatic carbocycles. The first-order chi connectivity index (χ1) is 17.0. The molecular weight excluding hydrogens is 460 g/mol. The van der Waals surface area contributed by atoms with Crippen LogP contribution in [0.25, 0.3) is 28.0 Å². The predicted octanol–water partition coefficient (Wildman–Crippen LogP) is 6.14. The van der Waals surface area contributed by atoms with Gasteiger partial charge in [0.1, 0.15) is 0 Å². The SMILES string of the molecule is Cc1cc(C)c2[nH]c(O)c(N=NC(=O)CSc3nnc(-c4ccccc4)n3-c3ccccc3)c2c1. The summed E-state index contributed by atoms with van der Waals surface area (Å²) in [6, 6.07) is 23.4. The number of H-pyrrole nitrogens is 1. The Balaban J connectivity index is 1.39. The summed E-state index contributed by atoms with van der Waals surface area (Å²) in [4.78, 5) is 15.5. The molecule has 174 valence electrons. The summed E-state index contributed by atoms with van der Waals surface area (Å²) in [5.74, 6) is 0.138. The minimum atomic E-state index is -0.447. The highest BCUT2D eigenvalue weighted by Gasteiger charge is 2.18. The van der Waals surface area contributed by atoms with E-state index < -0.39 is 5.91 Å². The van der Waals surface area contributed by atoms with Gasteiger partial charge < -0.3 is 10.1 Å². The second kappa shape index (κ2) is 9.55. The monoisotopic (exact) mass is 482 g/mol. The lowest BCUT2D eigenvalue weighted by molar-refractivity contribution is -0.115. The van der Waals surface area contributed by atoms with Gasteiger partial charge in [-0.05, 0) is 37.6 Å². The molecule has 0 aliphatic heterocycles. The van der Waals surface area contributed by atoms with E-state index in [-0.39, 0.29) is 17.3 Å². The standard InChI is InChI=1S/C26H22N6O2S/c1-16-13-17(2)22-20(14-16)23(25(34)27-22)29-28-21(33)15-35-26-31-30-24(18-9-5-3-6-10-18)32(26)19-11-7-4-8-12-19/h3-14,27,34H,15H2,1-2H3. The highest BCUT2D eigenvalue weighted by molar-refractivity contribution is 7.99. The number of aromatic amines is 1. The number of carbonyl (C=O) groups is 1. The summed E-state index contributed by atoms with van der Waals surface area (Å²) in [6.45, 7) is 3.91. The molecule has 0 saturated carbocycles. The Hall–Kier alpha value is -4.24. The number of benzene rings is 3. The van der Waals surface area contributed by atoms with Gasteiger partial charge in [0.05, 0.1) is 11.3 Å². The number of azo groups is 1. The van der Waals surface area contributed by atoms with Crippen LogP contribution < -0.4 is 0 Å². The van der Waals surface area contributed by atoms with E-state index >= 15 is 0 Å². The average Bonchev–Trinajstić information content (AvgIpc) is 3.43. The maximum absolute atomic E-state index is 12.6. The number of aromatic hydroxyl groups is 1. The van der Waals surface area contributed by atoms with Gasteiger partial charge in [-0.1, -0.05) is 71.9 Å². The van der Waals surface area contributed by atoms with Crippen molar-refractivity contribution < 1.29 is 9.90 Å². The van der Waals surface area contributed by atoms with Crippen LogP contribution in [0.5, 0.6) is 5.88 Å². The zero-order chi connectivity index (χ0) is 24.4. The number of nitrogens with zero attached hydrogens (tertiary/aromatic N) is 5. The fourth-order valence-corrected chi connectivity index (χ4v) is 4.66. The van der Waals surface area contributed by atoms with Gasteiger partial charge in [-0.25, -0.2) is 0 Å². The van der Waals surface area contributed by atoms with Crippen LogP contribution in [0.1, 0.15) is 11.1 Å². The molecule has 1 amide bonds. The quantitative estimate of drug-likeness (QED) is 0.223. The second-order valence-corrected chi connectivity index (χ2v) is 8.99. The maximum atomic E-state index is 12.6. The van der Waals surface area contributed by atoms with Crippen molar-refractivity contribution in [3.05, 3.63) is 83.9 Å². The number of amides is 1. The zero-order valence-electron chi connectivity index (χ0n) is 19.1. The molecule has 0 saturated heterocycles. The number of thioether (sulfide) groups is 1. The van der Waals surface area contributed by atoms with E-state index in [4.69, 9.17) is 0 Å². The van der Waals surface area contributed by atoms with Crippen LogP contribution in [0.4, 0.5) is 5.69 Å². The second-order valence-electron chi connectivity index (χ2n) is 8.05. The normalized spacial score (nSPS) is 11.5. The van der Waals surface area contributed by atoms with E-state index in [1.54, 1.807) is 0 Å². The highest BCUT2D eigenvalue weighted by Crippen LogP contribution is 2.37. The van der Waals surface area contributed by atoms with Crippen molar-refractivity contribution in [2.75, 3.05) is 5.75 Å². The molecule has 2 N–H and O–H groups in total. The molecule has 0 spiro atoms. The van der Waals surface area contributed by atoms with Crippen LogP contribution in [0.15, 0.2) is 88.2 Å². The number of fused-ring (bicyclic) bond motifs is 1. The molecular formula is C26H22N6O2S. The Labute approximate surface area is 205 Å². The third-order valence-corrected chi connectivity index (χ3v) is 6.38. The van der Waals surface area contributed by atoms with E-state index in [1.807, 2.05) is 91.2 Å². The number of hydrogen-bond donors (Lipinski definition) is 2. The molecule has 3 aromatic carbocycles. The fraction of sp³-hybridized carbons (Fsp3) is 0.115. The first-order valence-corrected chi connectivity index (χ1v) is 12.0. The van der Waals surface area contributed by atoms with E-state index in [0.717, 1.165) is 33.3 Å². The van der Waals surface area contributed by atoms with Crippen LogP contribution >= 0.6 is 11.8 Å². The number of para-hydroxylation sites is 1. The third-order valence-electron chi connectivity index (χ3n) is 5.47. The van der Waals surface area contributed by atoms with Crippen LogP contribution in [0.2, 0.25) is 0 Å². The van der Waals surface area contributed by atoms with Crippen LogP contribution in [-0.2, 0) is 4.79 Å². The average molecular weight is 483 g/mol. The van der Waals surface area contributed by atoms with Gasteiger partial charge in [-0.3, -0.25) is 9.36 Å². The summed E-state index contributed by atoms with van der Waals surface area (Å²) < 4.78 is 1.92. The van der Waals surface area contributed by atoms with E-state index in [9.17, 15) is 9.90 Å². The fourth-order valence-electron chi connectivity index (χ4n) is 3.94. The van der Waals surface area contributed by atoms with Crippen LogP contribution in [0.3, 0.4) is 0 Å². The van der Waals surface area contributed by atoms with Crippen molar-refractivity contribution in [2.45, 2.75) is 19.0 Å². The molecule has 0 bridgehead atoms. The summed E-state index contributed by atoms with van der Waals surface area (Å²) >= 11 is 1.23. The first-order valence-electron chi connectivity index (χ1n) is 11.0. The maximum Gasteiger partial charge on any atom is 0.275 e. The molecule has 2 heterocycles. The van der Waals surface area contributed by atoms with Gasteiger partial charge in [-0.15, -0.1) is 20.4 Å². The molecule has 9 heteroatoms. The molecule has 0 unspecified atom stereocenters. The van der Waals surface area contributed by atoms with Gasteiger partial charge in [0.25, 0.3) is 5.91 Å². The van der Waals surface area contributed by atoms with E-state index in [2.05, 4.69) is 25.4 Å². The number of aromatic nitrogens is 4. The lowest BCUT2D eigenvalue weighted by atomic mass is 10.1. The van der Waals surface area contributed by atoms with Crippen molar-refractivity contribution in [3.63, 3.8) is 0 Å². The molecule has 0 aliphatic rings. The number of carbonyl (C=O) groups excluding carboxylic acids is 1. The Morgan fingerprint density at radius 2 is 1.74 bits per heavy atom. The van der Waals surface area contributed by atoms with Gasteiger partial charge in [0.15, 0.2) is 16.7 Å². The number of nitrogens with one attached hydrogen (secondary N) is 1. The van der Waals surface area contributed by atoms with Crippen molar-refractivity contribution in [1.82, 2.24) is 19.7 Å². The molecule has 0 radical (unpaired) electrons. The first kappa shape index (κ1) is 22.5. The van der Waals surface area contributed by atoms with Crippen molar-refractivity contribution >= 4 is 34.3 Å². The molecule has 35 heavy (non-hydrogen) atoms. The predicted molar refractivity (Wildman–Crippen MR) is 136 cm³/mol. The van der Waals surface area contributed by atoms with E-state index in [1.165, 1.54) is 11.8 Å². The Bertz CT molecular complexity index is 1540. The van der Waals surface area contributed by atoms with E-state index in [0.29, 0.717) is 11.0 Å². The summed E-state index contributed by atoms with van der Waals surface area (Å²) in [5.41, 5.74) is 4.84. The summed E-state index contributed by atoms with van der Waals surface area (Å²) in [5, 5.41) is 28.2. The van der Waals surface area contributed by atoms with Crippen molar-refractivity contribution in [3.8, 4) is 23.0 Å². The van der Waals surface area contributed by atoms with Crippen LogP contribution in [0, 0.1) is 13.8 Å². The molecule has 8 nitrogen and oxygen atoms in total. The van der Waals surface area contributed by atoms with Gasteiger partial charge >= 0.3 is 0 Å². The number of rotatable bonds is 6.